The fourth-order valence-electron chi connectivity index (χ4n) is 1.39. The van der Waals surface area contributed by atoms with Crippen LogP contribution in [0.1, 0.15) is 12.8 Å². The van der Waals surface area contributed by atoms with Crippen LogP contribution in [0.3, 0.4) is 0 Å². The molecule has 16 heavy (non-hydrogen) atoms. The van der Waals surface area contributed by atoms with Crippen LogP contribution in [0.5, 0.6) is 5.75 Å². The zero-order valence-electron chi connectivity index (χ0n) is 10.4. The van der Waals surface area contributed by atoms with Crippen LogP contribution in [0.15, 0.2) is 30.3 Å². The molecule has 0 aliphatic carbocycles. The van der Waals surface area contributed by atoms with E-state index in [-0.39, 0.29) is 24.0 Å². The van der Waals surface area contributed by atoms with Crippen LogP contribution in [-0.4, -0.2) is 38.8 Å². The van der Waals surface area contributed by atoms with Crippen molar-refractivity contribution in [2.24, 2.45) is 0 Å². The minimum Gasteiger partial charge on any atom is -1.00 e. The summed E-state index contributed by atoms with van der Waals surface area (Å²) in [5.41, 5.74) is 0. The van der Waals surface area contributed by atoms with Gasteiger partial charge in [-0.25, -0.2) is 0 Å². The van der Waals surface area contributed by atoms with Gasteiger partial charge in [0.15, 0.2) is 0 Å². The lowest BCUT2D eigenvalue weighted by molar-refractivity contribution is -0.870. The summed E-state index contributed by atoms with van der Waals surface area (Å²) in [7, 11) is 6.66. The van der Waals surface area contributed by atoms with Gasteiger partial charge in [-0.05, 0) is 25.0 Å². The fourth-order valence-corrected chi connectivity index (χ4v) is 1.39. The van der Waals surface area contributed by atoms with E-state index in [0.29, 0.717) is 0 Å². The molecule has 1 aromatic carbocycles. The average Bonchev–Trinajstić information content (AvgIpc) is 2.17. The lowest BCUT2D eigenvalue weighted by Crippen LogP contribution is -3.00. The number of nitrogens with zero attached hydrogens (tertiary/aromatic N) is 1. The van der Waals surface area contributed by atoms with Gasteiger partial charge in [-0.1, -0.05) is 18.2 Å². The summed E-state index contributed by atoms with van der Waals surface area (Å²) in [6.07, 6.45) is 2.35. The Morgan fingerprint density at radius 2 is 1.62 bits per heavy atom. The van der Waals surface area contributed by atoms with E-state index in [1.165, 1.54) is 13.0 Å². The van der Waals surface area contributed by atoms with Crippen LogP contribution >= 0.6 is 0 Å². The van der Waals surface area contributed by atoms with E-state index in [1.807, 2.05) is 30.3 Å². The van der Waals surface area contributed by atoms with Crippen molar-refractivity contribution in [2.75, 3.05) is 34.3 Å². The van der Waals surface area contributed by atoms with Crippen LogP contribution in [0.2, 0.25) is 0 Å². The predicted molar refractivity (Wildman–Crippen MR) is 64.1 cm³/mol. The van der Waals surface area contributed by atoms with Crippen molar-refractivity contribution in [1.82, 2.24) is 0 Å². The summed E-state index contributed by atoms with van der Waals surface area (Å²) < 4.78 is 6.65. The van der Waals surface area contributed by atoms with Gasteiger partial charge in [-0.3, -0.25) is 0 Å². The second-order valence-corrected chi connectivity index (χ2v) is 4.88. The Balaban J connectivity index is 0.00000225. The first-order chi connectivity index (χ1) is 7.08. The lowest BCUT2D eigenvalue weighted by atomic mass is 10.3. The van der Waals surface area contributed by atoms with Gasteiger partial charge in [0.1, 0.15) is 5.75 Å². The van der Waals surface area contributed by atoms with Crippen molar-refractivity contribution in [3.8, 4) is 5.75 Å². The molecule has 3 heteroatoms. The summed E-state index contributed by atoms with van der Waals surface area (Å²) in [6, 6.07) is 10.0. The zero-order valence-corrected chi connectivity index (χ0v) is 12.6. The number of ether oxygens (including phenoxy) is 1. The molecule has 2 nitrogen and oxygen atoms in total. The number of hydrogen-bond donors (Lipinski definition) is 0. The molecule has 0 N–H and O–H groups in total. The van der Waals surface area contributed by atoms with E-state index in [0.717, 1.165) is 23.3 Å². The van der Waals surface area contributed by atoms with Crippen LogP contribution in [-0.2, 0) is 0 Å². The van der Waals surface area contributed by atoms with Gasteiger partial charge in [0, 0.05) is 0 Å². The Morgan fingerprint density at radius 1 is 1.00 bits per heavy atom. The molecule has 1 rings (SSSR count). The van der Waals surface area contributed by atoms with Crippen molar-refractivity contribution in [3.05, 3.63) is 30.3 Å². The van der Waals surface area contributed by atoms with Gasteiger partial charge in [0.25, 0.3) is 0 Å². The summed E-state index contributed by atoms with van der Waals surface area (Å²) in [4.78, 5) is 0. The highest BCUT2D eigenvalue weighted by atomic mass is 127. The fraction of sp³-hybridized carbons (Fsp3) is 0.538. The summed E-state index contributed by atoms with van der Waals surface area (Å²) in [5, 5.41) is 0. The molecule has 0 radical (unpaired) electrons. The lowest BCUT2D eigenvalue weighted by Gasteiger charge is -2.23. The van der Waals surface area contributed by atoms with E-state index < -0.39 is 0 Å². The third kappa shape index (κ3) is 7.93. The molecule has 0 fully saturated rings. The molecule has 0 saturated heterocycles. The van der Waals surface area contributed by atoms with Crippen molar-refractivity contribution in [2.45, 2.75) is 12.8 Å². The second kappa shape index (κ2) is 7.90. The Bertz CT molecular complexity index is 269. The SMILES string of the molecule is C[N+](C)(C)CCCCOc1ccccc1.[I-]. The molecular formula is C13H22INO. The second-order valence-electron chi connectivity index (χ2n) is 4.88. The van der Waals surface area contributed by atoms with E-state index >= 15 is 0 Å². The van der Waals surface area contributed by atoms with E-state index in [9.17, 15) is 0 Å². The first kappa shape index (κ1) is 15.7. The molecular weight excluding hydrogens is 313 g/mol. The zero-order chi connectivity index (χ0) is 11.1. The highest BCUT2D eigenvalue weighted by Gasteiger charge is 2.05. The predicted octanol–water partition coefficient (Wildman–Crippen LogP) is -0.444. The third-order valence-corrected chi connectivity index (χ3v) is 2.24. The molecule has 0 atom stereocenters. The first-order valence-corrected chi connectivity index (χ1v) is 5.56. The molecule has 0 saturated carbocycles. The molecule has 0 amide bonds. The Labute approximate surface area is 116 Å². The van der Waals surface area contributed by atoms with Gasteiger partial charge in [0.05, 0.1) is 34.3 Å². The molecule has 0 aromatic heterocycles. The highest BCUT2D eigenvalue weighted by molar-refractivity contribution is 5.20. The van der Waals surface area contributed by atoms with Crippen molar-refractivity contribution >= 4 is 0 Å². The number of quaternary nitrogens is 1. The molecule has 0 bridgehead atoms. The summed E-state index contributed by atoms with van der Waals surface area (Å²) in [5.74, 6) is 0.975. The van der Waals surface area contributed by atoms with Gasteiger partial charge < -0.3 is 33.2 Å². The third-order valence-electron chi connectivity index (χ3n) is 2.24. The van der Waals surface area contributed by atoms with Gasteiger partial charge in [-0.15, -0.1) is 0 Å². The minimum absolute atomic E-state index is 0. The maximum absolute atomic E-state index is 5.61. The van der Waals surface area contributed by atoms with Crippen molar-refractivity contribution in [3.63, 3.8) is 0 Å². The number of para-hydroxylation sites is 1. The van der Waals surface area contributed by atoms with E-state index in [4.69, 9.17) is 4.74 Å². The topological polar surface area (TPSA) is 9.23 Å². The van der Waals surface area contributed by atoms with Crippen LogP contribution < -0.4 is 28.7 Å². The molecule has 0 unspecified atom stereocenters. The summed E-state index contributed by atoms with van der Waals surface area (Å²) >= 11 is 0. The van der Waals surface area contributed by atoms with E-state index in [2.05, 4.69) is 21.1 Å². The van der Waals surface area contributed by atoms with Crippen molar-refractivity contribution in [1.29, 1.82) is 0 Å². The number of benzene rings is 1. The van der Waals surface area contributed by atoms with Gasteiger partial charge in [-0.2, -0.15) is 0 Å². The maximum Gasteiger partial charge on any atom is 0.119 e. The Hall–Kier alpha value is -0.290. The van der Waals surface area contributed by atoms with Gasteiger partial charge in [0.2, 0.25) is 0 Å². The van der Waals surface area contributed by atoms with Crippen molar-refractivity contribution < 1.29 is 33.2 Å². The van der Waals surface area contributed by atoms with Crippen LogP contribution in [0.4, 0.5) is 0 Å². The standard InChI is InChI=1S/C13H22NO.HI/c1-14(2,3)11-7-8-12-15-13-9-5-4-6-10-13;/h4-6,9-10H,7-8,11-12H2,1-3H3;1H/q+1;/p-1. The van der Waals surface area contributed by atoms with Crippen LogP contribution in [0.25, 0.3) is 0 Å². The molecule has 1 aromatic rings. The van der Waals surface area contributed by atoms with E-state index in [1.54, 1.807) is 0 Å². The monoisotopic (exact) mass is 335 g/mol. The summed E-state index contributed by atoms with van der Waals surface area (Å²) in [6.45, 7) is 2.03. The molecule has 0 aliphatic rings. The molecule has 0 heterocycles. The average molecular weight is 335 g/mol. The number of halogens is 1. The first-order valence-electron chi connectivity index (χ1n) is 5.56. The number of unbranched alkanes of at least 4 members (excludes halogenated alkanes) is 1. The normalized spacial score (nSPS) is 10.7. The smallest absolute Gasteiger partial charge is 0.119 e. The molecule has 92 valence electrons. The largest absolute Gasteiger partial charge is 1.00 e. The molecule has 0 aliphatic heterocycles. The number of hydrogen-bond acceptors (Lipinski definition) is 1. The van der Waals surface area contributed by atoms with Gasteiger partial charge >= 0.3 is 0 Å². The maximum atomic E-state index is 5.61. The highest BCUT2D eigenvalue weighted by Crippen LogP contribution is 2.09. The Kier molecular flexibility index (Phi) is 7.76. The minimum atomic E-state index is 0. The Morgan fingerprint density at radius 3 is 2.19 bits per heavy atom. The number of rotatable bonds is 6. The molecule has 0 spiro atoms. The quantitative estimate of drug-likeness (QED) is 0.389. The van der Waals surface area contributed by atoms with Crippen LogP contribution in [0, 0.1) is 0 Å².